The second-order valence-electron chi connectivity index (χ2n) is 10.4. The Labute approximate surface area is 223 Å². The van der Waals surface area contributed by atoms with Crippen molar-refractivity contribution in [3.63, 3.8) is 0 Å². The molecular weight excluding hydrogens is 478 g/mol. The Morgan fingerprint density at radius 3 is 2.47 bits per heavy atom. The molecule has 2 aliphatic rings. The zero-order valence-electron chi connectivity index (χ0n) is 22.0. The summed E-state index contributed by atoms with van der Waals surface area (Å²) in [6, 6.07) is 17.4. The standard InChI is InChI=1S/C30H35N5O3/c1-4-26(36)34-17-15-21(18-25(34)19(2)3)24-14-16-32-30-27(29(31)37)28(33-35(24)30)20-10-12-23(13-11-20)38-22-8-6-5-7-9-22/h4-13,19,21,24-25,32H,1,14-18H2,2-3H3,(H2,31,37)/t21?,24-,25?/m0/s1. The third-order valence-corrected chi connectivity index (χ3v) is 7.77. The van der Waals surface area contributed by atoms with Crippen LogP contribution in [0.2, 0.25) is 0 Å². The Morgan fingerprint density at radius 1 is 1.11 bits per heavy atom. The minimum atomic E-state index is -0.509. The molecular formula is C30H35N5O3. The van der Waals surface area contributed by atoms with Gasteiger partial charge in [0.2, 0.25) is 5.91 Å². The van der Waals surface area contributed by atoms with E-state index in [4.69, 9.17) is 15.6 Å². The maximum Gasteiger partial charge on any atom is 0.254 e. The Morgan fingerprint density at radius 2 is 1.82 bits per heavy atom. The molecule has 2 unspecified atom stereocenters. The van der Waals surface area contributed by atoms with E-state index in [0.29, 0.717) is 41.2 Å². The number of primary amides is 1. The van der Waals surface area contributed by atoms with Gasteiger partial charge in [0.1, 0.15) is 28.6 Å². The monoisotopic (exact) mass is 513 g/mol. The van der Waals surface area contributed by atoms with Gasteiger partial charge in [-0.3, -0.25) is 9.59 Å². The number of hydrogen-bond donors (Lipinski definition) is 2. The fraction of sp³-hybridized carbons (Fsp3) is 0.367. The van der Waals surface area contributed by atoms with E-state index in [0.717, 1.165) is 37.1 Å². The fourth-order valence-electron chi connectivity index (χ4n) is 5.88. The summed E-state index contributed by atoms with van der Waals surface area (Å²) in [6.45, 7) is 9.43. The lowest BCUT2D eigenvalue weighted by molar-refractivity contribution is -0.132. The van der Waals surface area contributed by atoms with Crippen molar-refractivity contribution in [2.45, 2.75) is 45.2 Å². The topological polar surface area (TPSA) is 102 Å². The first kappa shape index (κ1) is 25.6. The smallest absolute Gasteiger partial charge is 0.254 e. The first-order valence-corrected chi connectivity index (χ1v) is 13.3. The van der Waals surface area contributed by atoms with Crippen molar-refractivity contribution in [2.75, 3.05) is 18.4 Å². The number of likely N-dealkylation sites (tertiary alicyclic amines) is 1. The molecule has 3 heterocycles. The van der Waals surface area contributed by atoms with Crippen molar-refractivity contribution in [3.8, 4) is 22.8 Å². The summed E-state index contributed by atoms with van der Waals surface area (Å²) in [5.74, 6) is 2.26. The van der Waals surface area contributed by atoms with Gasteiger partial charge < -0.3 is 20.7 Å². The van der Waals surface area contributed by atoms with Crippen LogP contribution in [0.3, 0.4) is 0 Å². The number of nitrogens with zero attached hydrogens (tertiary/aromatic N) is 3. The number of ether oxygens (including phenoxy) is 1. The van der Waals surface area contributed by atoms with Gasteiger partial charge in [-0.25, -0.2) is 4.68 Å². The van der Waals surface area contributed by atoms with E-state index < -0.39 is 5.91 Å². The lowest BCUT2D eigenvalue weighted by atomic mass is 9.80. The summed E-state index contributed by atoms with van der Waals surface area (Å²) < 4.78 is 7.90. The number of amides is 2. The second-order valence-corrected chi connectivity index (χ2v) is 10.4. The number of fused-ring (bicyclic) bond motifs is 1. The molecule has 198 valence electrons. The molecule has 8 heteroatoms. The van der Waals surface area contributed by atoms with Gasteiger partial charge >= 0.3 is 0 Å². The van der Waals surface area contributed by atoms with E-state index in [1.54, 1.807) is 0 Å². The number of anilines is 1. The SMILES string of the molecule is C=CC(=O)N1CCC([C@@H]2CCNc3c(C(N)=O)c(-c4ccc(Oc5ccccc5)cc4)nn32)CC1C(C)C. The van der Waals surface area contributed by atoms with Crippen LogP contribution in [0.4, 0.5) is 5.82 Å². The van der Waals surface area contributed by atoms with Crippen molar-refractivity contribution in [2.24, 2.45) is 17.6 Å². The zero-order valence-corrected chi connectivity index (χ0v) is 22.0. The number of hydrogen-bond acceptors (Lipinski definition) is 5. The van der Waals surface area contributed by atoms with Crippen molar-refractivity contribution >= 4 is 17.6 Å². The molecule has 1 fully saturated rings. The van der Waals surface area contributed by atoms with Crippen LogP contribution in [0.5, 0.6) is 11.5 Å². The molecule has 2 aliphatic heterocycles. The van der Waals surface area contributed by atoms with Crippen molar-refractivity contribution in [1.29, 1.82) is 0 Å². The Balaban J connectivity index is 1.44. The molecule has 0 bridgehead atoms. The third-order valence-electron chi connectivity index (χ3n) is 7.77. The number of aromatic nitrogens is 2. The number of para-hydroxylation sites is 1. The van der Waals surface area contributed by atoms with E-state index in [1.807, 2.05) is 64.2 Å². The molecule has 0 radical (unpaired) electrons. The molecule has 3 atom stereocenters. The van der Waals surface area contributed by atoms with Gasteiger partial charge in [0.15, 0.2) is 0 Å². The minimum absolute atomic E-state index is 0.00905. The highest BCUT2D eigenvalue weighted by molar-refractivity contribution is 6.03. The highest BCUT2D eigenvalue weighted by Gasteiger charge is 2.39. The van der Waals surface area contributed by atoms with Gasteiger partial charge in [-0.15, -0.1) is 0 Å². The van der Waals surface area contributed by atoms with Gasteiger partial charge in [-0.1, -0.05) is 38.6 Å². The van der Waals surface area contributed by atoms with Gasteiger partial charge in [-0.05, 0) is 73.6 Å². The summed E-state index contributed by atoms with van der Waals surface area (Å²) in [4.78, 5) is 27.1. The van der Waals surface area contributed by atoms with Crippen LogP contribution < -0.4 is 15.8 Å². The van der Waals surface area contributed by atoms with Gasteiger partial charge in [0.05, 0.1) is 6.04 Å². The van der Waals surface area contributed by atoms with E-state index in [2.05, 4.69) is 25.7 Å². The largest absolute Gasteiger partial charge is 0.457 e. The molecule has 0 saturated carbocycles. The fourth-order valence-corrected chi connectivity index (χ4v) is 5.88. The van der Waals surface area contributed by atoms with Gasteiger partial charge in [0.25, 0.3) is 5.91 Å². The number of rotatable bonds is 7. The molecule has 0 aliphatic carbocycles. The molecule has 8 nitrogen and oxygen atoms in total. The molecule has 1 aromatic heterocycles. The van der Waals surface area contributed by atoms with E-state index in [9.17, 15) is 9.59 Å². The summed E-state index contributed by atoms with van der Waals surface area (Å²) in [5.41, 5.74) is 7.67. The molecule has 0 spiro atoms. The maximum absolute atomic E-state index is 12.7. The molecule has 38 heavy (non-hydrogen) atoms. The molecule has 2 amide bonds. The molecule has 5 rings (SSSR count). The normalized spacial score (nSPS) is 20.9. The predicted octanol–water partition coefficient (Wildman–Crippen LogP) is 5.25. The van der Waals surface area contributed by atoms with Crippen LogP contribution in [0.25, 0.3) is 11.3 Å². The van der Waals surface area contributed by atoms with Crippen LogP contribution in [0, 0.1) is 11.8 Å². The number of piperidine rings is 1. The van der Waals surface area contributed by atoms with E-state index >= 15 is 0 Å². The Hall–Kier alpha value is -4.07. The summed E-state index contributed by atoms with van der Waals surface area (Å²) in [6.07, 6.45) is 4.06. The highest BCUT2D eigenvalue weighted by atomic mass is 16.5. The number of nitrogens with two attached hydrogens (primary N) is 1. The molecule has 3 N–H and O–H groups in total. The van der Waals surface area contributed by atoms with Crippen LogP contribution in [0.1, 0.15) is 49.5 Å². The quantitative estimate of drug-likeness (QED) is 0.420. The van der Waals surface area contributed by atoms with Crippen LogP contribution in [-0.4, -0.2) is 45.6 Å². The Bertz CT molecular complexity index is 1320. The minimum Gasteiger partial charge on any atom is -0.457 e. The van der Waals surface area contributed by atoms with E-state index in [1.165, 1.54) is 6.08 Å². The van der Waals surface area contributed by atoms with Crippen LogP contribution in [0.15, 0.2) is 67.3 Å². The van der Waals surface area contributed by atoms with E-state index in [-0.39, 0.29) is 18.0 Å². The van der Waals surface area contributed by atoms with Crippen molar-refractivity contribution < 1.29 is 14.3 Å². The van der Waals surface area contributed by atoms with Gasteiger partial charge in [-0.2, -0.15) is 5.10 Å². The van der Waals surface area contributed by atoms with Crippen molar-refractivity contribution in [3.05, 3.63) is 72.8 Å². The lowest BCUT2D eigenvalue weighted by Gasteiger charge is -2.44. The first-order chi connectivity index (χ1) is 18.4. The van der Waals surface area contributed by atoms with Crippen LogP contribution in [-0.2, 0) is 4.79 Å². The summed E-state index contributed by atoms with van der Waals surface area (Å²) >= 11 is 0. The highest BCUT2D eigenvalue weighted by Crippen LogP contribution is 2.42. The zero-order chi connectivity index (χ0) is 26.8. The average molecular weight is 514 g/mol. The summed E-state index contributed by atoms with van der Waals surface area (Å²) in [5, 5.41) is 8.35. The molecule has 1 saturated heterocycles. The maximum atomic E-state index is 12.7. The number of benzene rings is 2. The van der Waals surface area contributed by atoms with Crippen LogP contribution >= 0.6 is 0 Å². The first-order valence-electron chi connectivity index (χ1n) is 13.3. The number of carbonyl (C=O) groups excluding carboxylic acids is 2. The Kier molecular flexibility index (Phi) is 7.22. The average Bonchev–Trinajstić information content (AvgIpc) is 3.33. The molecule has 2 aromatic carbocycles. The second kappa shape index (κ2) is 10.7. The summed E-state index contributed by atoms with van der Waals surface area (Å²) in [7, 11) is 0. The number of nitrogens with one attached hydrogen (secondary N) is 1. The number of carbonyl (C=O) groups is 2. The third kappa shape index (κ3) is 4.90. The van der Waals surface area contributed by atoms with Crippen molar-refractivity contribution in [1.82, 2.24) is 14.7 Å². The predicted molar refractivity (Wildman–Crippen MR) is 148 cm³/mol. The lowest BCUT2D eigenvalue weighted by Crippen LogP contribution is -2.49. The molecule has 3 aromatic rings. The van der Waals surface area contributed by atoms with Gasteiger partial charge in [0, 0.05) is 24.7 Å².